The molecule has 1 aromatic rings. The van der Waals surface area contributed by atoms with Crippen molar-refractivity contribution in [2.75, 3.05) is 0 Å². The van der Waals surface area contributed by atoms with Gasteiger partial charge in [-0.15, -0.1) is 0 Å². The molecule has 17 heavy (non-hydrogen) atoms. The van der Waals surface area contributed by atoms with Gasteiger partial charge < -0.3 is 9.84 Å². The number of rotatable bonds is 4. The Kier molecular flexibility index (Phi) is 4.54. The van der Waals surface area contributed by atoms with E-state index < -0.39 is 0 Å². The normalized spacial score (nSPS) is 20.1. The predicted octanol–water partition coefficient (Wildman–Crippen LogP) is 2.83. The van der Waals surface area contributed by atoms with E-state index in [0.717, 1.165) is 18.3 Å². The zero-order valence-corrected chi connectivity index (χ0v) is 10.9. The molecule has 2 rings (SSSR count). The van der Waals surface area contributed by atoms with Crippen LogP contribution < -0.4 is 5.32 Å². The average Bonchev–Trinajstić information content (AvgIpc) is 2.58. The van der Waals surface area contributed by atoms with Gasteiger partial charge in [-0.05, 0) is 25.7 Å². The second-order valence-corrected chi connectivity index (χ2v) is 5.15. The Balaban J connectivity index is 1.77. The van der Waals surface area contributed by atoms with Crippen molar-refractivity contribution in [3.63, 3.8) is 0 Å². The third-order valence-corrected chi connectivity index (χ3v) is 3.76. The summed E-state index contributed by atoms with van der Waals surface area (Å²) in [5.41, 5.74) is 0. The SMILES string of the molecule is Cc1nc(CN[C@@H](C)C2CCCCCC2)no1. The molecule has 0 aliphatic heterocycles. The van der Waals surface area contributed by atoms with Crippen molar-refractivity contribution < 1.29 is 4.52 Å². The number of aryl methyl sites for hydroxylation is 1. The Bertz CT molecular complexity index is 329. The summed E-state index contributed by atoms with van der Waals surface area (Å²) in [5, 5.41) is 7.43. The third-order valence-electron chi connectivity index (χ3n) is 3.76. The number of nitrogens with one attached hydrogen (secondary N) is 1. The molecular formula is C13H23N3O. The molecule has 1 saturated carbocycles. The Morgan fingerprint density at radius 3 is 2.59 bits per heavy atom. The Morgan fingerprint density at radius 1 is 1.29 bits per heavy atom. The molecule has 1 aliphatic carbocycles. The van der Waals surface area contributed by atoms with Crippen molar-refractivity contribution in [2.24, 2.45) is 5.92 Å². The zero-order chi connectivity index (χ0) is 12.1. The maximum absolute atomic E-state index is 4.96. The summed E-state index contributed by atoms with van der Waals surface area (Å²) in [6.45, 7) is 4.82. The average molecular weight is 237 g/mol. The molecule has 0 radical (unpaired) electrons. The van der Waals surface area contributed by atoms with Crippen LogP contribution >= 0.6 is 0 Å². The van der Waals surface area contributed by atoms with Gasteiger partial charge in [0, 0.05) is 13.0 Å². The lowest BCUT2D eigenvalue weighted by atomic mass is 9.93. The largest absolute Gasteiger partial charge is 0.340 e. The molecule has 96 valence electrons. The minimum atomic E-state index is 0.548. The fourth-order valence-corrected chi connectivity index (χ4v) is 2.64. The van der Waals surface area contributed by atoms with Crippen LogP contribution in [0.1, 0.15) is 57.2 Å². The number of hydrogen-bond acceptors (Lipinski definition) is 4. The topological polar surface area (TPSA) is 51.0 Å². The van der Waals surface area contributed by atoms with Gasteiger partial charge in [-0.25, -0.2) is 0 Å². The van der Waals surface area contributed by atoms with Gasteiger partial charge in [0.1, 0.15) is 0 Å². The van der Waals surface area contributed by atoms with E-state index in [1.165, 1.54) is 38.5 Å². The van der Waals surface area contributed by atoms with Crippen molar-refractivity contribution in [1.29, 1.82) is 0 Å². The highest BCUT2D eigenvalue weighted by molar-refractivity contribution is 4.85. The molecular weight excluding hydrogens is 214 g/mol. The first kappa shape index (κ1) is 12.6. The van der Waals surface area contributed by atoms with Gasteiger partial charge >= 0.3 is 0 Å². The number of hydrogen-bond donors (Lipinski definition) is 1. The van der Waals surface area contributed by atoms with E-state index in [4.69, 9.17) is 4.52 Å². The standard InChI is InChI=1S/C13H23N3O/c1-10(12-7-5-3-4-6-8-12)14-9-13-15-11(2)17-16-13/h10,12,14H,3-9H2,1-2H3/t10-/m0/s1. The van der Waals surface area contributed by atoms with Crippen LogP contribution in [-0.4, -0.2) is 16.2 Å². The molecule has 4 heteroatoms. The summed E-state index contributed by atoms with van der Waals surface area (Å²) in [6, 6.07) is 0.548. The van der Waals surface area contributed by atoms with Gasteiger partial charge in [0.05, 0.1) is 6.54 Å². The maximum Gasteiger partial charge on any atom is 0.223 e. The van der Waals surface area contributed by atoms with Crippen LogP contribution in [0.25, 0.3) is 0 Å². The molecule has 0 bridgehead atoms. The second-order valence-electron chi connectivity index (χ2n) is 5.15. The highest BCUT2D eigenvalue weighted by Gasteiger charge is 2.18. The van der Waals surface area contributed by atoms with Gasteiger partial charge in [-0.3, -0.25) is 0 Å². The minimum absolute atomic E-state index is 0.548. The summed E-state index contributed by atoms with van der Waals surface area (Å²) < 4.78 is 4.96. The van der Waals surface area contributed by atoms with Crippen molar-refractivity contribution in [3.05, 3.63) is 11.7 Å². The molecule has 1 heterocycles. The van der Waals surface area contributed by atoms with E-state index in [0.29, 0.717) is 11.9 Å². The van der Waals surface area contributed by atoms with Crippen LogP contribution in [0, 0.1) is 12.8 Å². The predicted molar refractivity (Wildman–Crippen MR) is 66.5 cm³/mol. The van der Waals surface area contributed by atoms with E-state index in [-0.39, 0.29) is 0 Å². The fourth-order valence-electron chi connectivity index (χ4n) is 2.64. The number of nitrogens with zero attached hydrogens (tertiary/aromatic N) is 2. The van der Waals surface area contributed by atoms with Gasteiger partial charge in [0.15, 0.2) is 5.82 Å². The first-order valence-electron chi connectivity index (χ1n) is 6.78. The van der Waals surface area contributed by atoms with Crippen LogP contribution in [0.2, 0.25) is 0 Å². The molecule has 1 aromatic heterocycles. The monoisotopic (exact) mass is 237 g/mol. The Hall–Kier alpha value is -0.900. The quantitative estimate of drug-likeness (QED) is 0.818. The molecule has 1 aliphatic rings. The molecule has 1 atom stereocenters. The third kappa shape index (κ3) is 3.80. The first-order chi connectivity index (χ1) is 8.25. The molecule has 4 nitrogen and oxygen atoms in total. The van der Waals surface area contributed by atoms with Crippen LogP contribution in [0.5, 0.6) is 0 Å². The van der Waals surface area contributed by atoms with Crippen molar-refractivity contribution >= 4 is 0 Å². The summed E-state index contributed by atoms with van der Waals surface area (Å²) >= 11 is 0. The van der Waals surface area contributed by atoms with E-state index in [9.17, 15) is 0 Å². The maximum atomic E-state index is 4.96. The molecule has 0 saturated heterocycles. The molecule has 0 aromatic carbocycles. The Labute approximate surface area is 103 Å². The second kappa shape index (κ2) is 6.15. The molecule has 0 amide bonds. The van der Waals surface area contributed by atoms with E-state index >= 15 is 0 Å². The zero-order valence-electron chi connectivity index (χ0n) is 10.9. The van der Waals surface area contributed by atoms with Crippen LogP contribution in [0.4, 0.5) is 0 Å². The van der Waals surface area contributed by atoms with E-state index in [1.54, 1.807) is 0 Å². The van der Waals surface area contributed by atoms with Gasteiger partial charge in [0.25, 0.3) is 0 Å². The minimum Gasteiger partial charge on any atom is -0.340 e. The van der Waals surface area contributed by atoms with Crippen LogP contribution in [0.3, 0.4) is 0 Å². The van der Waals surface area contributed by atoms with E-state index in [1.807, 2.05) is 6.92 Å². The highest BCUT2D eigenvalue weighted by Crippen LogP contribution is 2.25. The lowest BCUT2D eigenvalue weighted by Crippen LogP contribution is -2.33. The lowest BCUT2D eigenvalue weighted by Gasteiger charge is -2.22. The van der Waals surface area contributed by atoms with Crippen molar-refractivity contribution in [2.45, 2.75) is 65.0 Å². The van der Waals surface area contributed by atoms with Crippen LogP contribution in [0.15, 0.2) is 4.52 Å². The van der Waals surface area contributed by atoms with Gasteiger partial charge in [-0.2, -0.15) is 4.98 Å². The fraction of sp³-hybridized carbons (Fsp3) is 0.846. The van der Waals surface area contributed by atoms with Crippen molar-refractivity contribution in [3.8, 4) is 0 Å². The molecule has 0 unspecified atom stereocenters. The summed E-state index contributed by atoms with van der Waals surface area (Å²) in [7, 11) is 0. The molecule has 1 fully saturated rings. The summed E-state index contributed by atoms with van der Waals surface area (Å²) in [5.74, 6) is 2.22. The lowest BCUT2D eigenvalue weighted by molar-refractivity contribution is 0.330. The first-order valence-corrected chi connectivity index (χ1v) is 6.78. The highest BCUT2D eigenvalue weighted by atomic mass is 16.5. The van der Waals surface area contributed by atoms with E-state index in [2.05, 4.69) is 22.4 Å². The van der Waals surface area contributed by atoms with Gasteiger partial charge in [0.2, 0.25) is 5.89 Å². The molecule has 1 N–H and O–H groups in total. The summed E-state index contributed by atoms with van der Waals surface area (Å²) in [6.07, 6.45) is 8.31. The smallest absolute Gasteiger partial charge is 0.223 e. The Morgan fingerprint density at radius 2 is 2.00 bits per heavy atom. The molecule has 0 spiro atoms. The van der Waals surface area contributed by atoms with Gasteiger partial charge in [-0.1, -0.05) is 30.8 Å². The van der Waals surface area contributed by atoms with Crippen LogP contribution in [-0.2, 0) is 6.54 Å². The summed E-state index contributed by atoms with van der Waals surface area (Å²) in [4.78, 5) is 4.21. The van der Waals surface area contributed by atoms with Crippen molar-refractivity contribution in [1.82, 2.24) is 15.5 Å². The number of aromatic nitrogens is 2.